The van der Waals surface area contributed by atoms with Crippen LogP contribution in [-0.4, -0.2) is 38.9 Å². The van der Waals surface area contributed by atoms with Crippen LogP contribution in [0.5, 0.6) is 0 Å². The number of hydrogen-bond donors (Lipinski definition) is 0. The van der Waals surface area contributed by atoms with Crippen LogP contribution in [0, 0.1) is 0 Å². The van der Waals surface area contributed by atoms with Gasteiger partial charge in [0.05, 0.1) is 12.7 Å². The Balaban J connectivity index is 2.97. The molecule has 5 nitrogen and oxygen atoms in total. The van der Waals surface area contributed by atoms with Gasteiger partial charge in [0.2, 0.25) is 5.78 Å². The summed E-state index contributed by atoms with van der Waals surface area (Å²) in [6.45, 7) is 0. The van der Waals surface area contributed by atoms with E-state index in [0.717, 1.165) is 6.08 Å². The van der Waals surface area contributed by atoms with E-state index in [0.29, 0.717) is 0 Å². The fourth-order valence-electron chi connectivity index (χ4n) is 1.24. The van der Waals surface area contributed by atoms with E-state index in [1.165, 1.54) is 33.5 Å². The third kappa shape index (κ3) is 1.98. The molecule has 0 amide bonds. The predicted molar refractivity (Wildman–Crippen MR) is 51.0 cm³/mol. The first kappa shape index (κ1) is 11.6. The SMILES string of the molecule is COC(=O)C1=CC(=O)C(OC)(OC)C=C1. The highest BCUT2D eigenvalue weighted by atomic mass is 16.7. The van der Waals surface area contributed by atoms with Gasteiger partial charge in [-0.05, 0) is 12.2 Å². The smallest absolute Gasteiger partial charge is 0.337 e. The average Bonchev–Trinajstić information content (AvgIpc) is 2.28. The zero-order chi connectivity index (χ0) is 11.5. The van der Waals surface area contributed by atoms with E-state index in [-0.39, 0.29) is 5.57 Å². The van der Waals surface area contributed by atoms with Crippen molar-refractivity contribution in [2.45, 2.75) is 5.79 Å². The van der Waals surface area contributed by atoms with E-state index >= 15 is 0 Å². The molecule has 0 aliphatic heterocycles. The van der Waals surface area contributed by atoms with Gasteiger partial charge in [-0.2, -0.15) is 0 Å². The van der Waals surface area contributed by atoms with Gasteiger partial charge in [0.15, 0.2) is 0 Å². The molecule has 0 atom stereocenters. The van der Waals surface area contributed by atoms with Crippen molar-refractivity contribution >= 4 is 11.8 Å². The van der Waals surface area contributed by atoms with Gasteiger partial charge < -0.3 is 14.2 Å². The predicted octanol–water partition coefficient (Wildman–Crippen LogP) is 0.214. The van der Waals surface area contributed by atoms with Gasteiger partial charge in [0.1, 0.15) is 0 Å². The maximum atomic E-state index is 11.6. The Bertz CT molecular complexity index is 336. The Morgan fingerprint density at radius 1 is 1.27 bits per heavy atom. The Morgan fingerprint density at radius 3 is 2.27 bits per heavy atom. The summed E-state index contributed by atoms with van der Waals surface area (Å²) in [6.07, 6.45) is 3.95. The summed E-state index contributed by atoms with van der Waals surface area (Å²) in [5, 5.41) is 0. The highest BCUT2D eigenvalue weighted by Gasteiger charge is 2.37. The van der Waals surface area contributed by atoms with E-state index in [1.54, 1.807) is 0 Å². The lowest BCUT2D eigenvalue weighted by molar-refractivity contribution is -0.181. The van der Waals surface area contributed by atoms with Gasteiger partial charge in [-0.3, -0.25) is 4.79 Å². The molecule has 0 unspecified atom stereocenters. The van der Waals surface area contributed by atoms with Crippen molar-refractivity contribution < 1.29 is 23.8 Å². The minimum absolute atomic E-state index is 0.173. The molecule has 0 spiro atoms. The normalized spacial score (nSPS) is 18.6. The molecule has 0 aromatic carbocycles. The molecule has 0 fully saturated rings. The number of ketones is 1. The molecule has 82 valence electrons. The summed E-state index contributed by atoms with van der Waals surface area (Å²) >= 11 is 0. The second kappa shape index (κ2) is 4.37. The molecule has 1 rings (SSSR count). The van der Waals surface area contributed by atoms with Gasteiger partial charge in [-0.1, -0.05) is 0 Å². The van der Waals surface area contributed by atoms with E-state index < -0.39 is 17.5 Å². The Kier molecular flexibility index (Phi) is 3.39. The lowest BCUT2D eigenvalue weighted by atomic mass is 10.0. The van der Waals surface area contributed by atoms with Crippen LogP contribution in [0.25, 0.3) is 0 Å². The van der Waals surface area contributed by atoms with Crippen molar-refractivity contribution in [2.24, 2.45) is 0 Å². The molecule has 1 aliphatic rings. The van der Waals surface area contributed by atoms with Crippen LogP contribution < -0.4 is 0 Å². The Morgan fingerprint density at radius 2 is 1.87 bits per heavy atom. The van der Waals surface area contributed by atoms with Crippen LogP contribution >= 0.6 is 0 Å². The summed E-state index contributed by atoms with van der Waals surface area (Å²) in [4.78, 5) is 22.7. The highest BCUT2D eigenvalue weighted by Crippen LogP contribution is 2.22. The number of ether oxygens (including phenoxy) is 3. The zero-order valence-corrected chi connectivity index (χ0v) is 8.77. The third-order valence-corrected chi connectivity index (χ3v) is 2.14. The number of esters is 1. The van der Waals surface area contributed by atoms with E-state index in [9.17, 15) is 9.59 Å². The van der Waals surface area contributed by atoms with Gasteiger partial charge in [0, 0.05) is 20.3 Å². The molecule has 0 saturated carbocycles. The minimum Gasteiger partial charge on any atom is -0.465 e. The lowest BCUT2D eigenvalue weighted by Gasteiger charge is -2.26. The molecule has 1 aliphatic carbocycles. The first-order valence-corrected chi connectivity index (χ1v) is 4.23. The van der Waals surface area contributed by atoms with Gasteiger partial charge in [-0.15, -0.1) is 0 Å². The third-order valence-electron chi connectivity index (χ3n) is 2.14. The lowest BCUT2D eigenvalue weighted by Crippen LogP contribution is -2.41. The molecule has 0 aromatic heterocycles. The van der Waals surface area contributed by atoms with Crippen molar-refractivity contribution in [3.05, 3.63) is 23.8 Å². The van der Waals surface area contributed by atoms with Crippen LogP contribution in [0.3, 0.4) is 0 Å². The van der Waals surface area contributed by atoms with Gasteiger partial charge >= 0.3 is 5.97 Å². The molecular weight excluding hydrogens is 200 g/mol. The molecule has 0 heterocycles. The van der Waals surface area contributed by atoms with E-state index in [2.05, 4.69) is 4.74 Å². The molecule has 5 heteroatoms. The maximum Gasteiger partial charge on any atom is 0.337 e. The molecule has 0 radical (unpaired) electrons. The van der Waals surface area contributed by atoms with Crippen LogP contribution in [0.4, 0.5) is 0 Å². The average molecular weight is 212 g/mol. The van der Waals surface area contributed by atoms with Crippen molar-refractivity contribution in [1.82, 2.24) is 0 Å². The van der Waals surface area contributed by atoms with Crippen LogP contribution in [-0.2, 0) is 23.8 Å². The molecule has 0 N–H and O–H groups in total. The fraction of sp³-hybridized carbons (Fsp3) is 0.400. The molecule has 0 saturated heterocycles. The highest BCUT2D eigenvalue weighted by molar-refractivity contribution is 6.07. The molecule has 15 heavy (non-hydrogen) atoms. The van der Waals surface area contributed by atoms with Crippen LogP contribution in [0.1, 0.15) is 0 Å². The summed E-state index contributed by atoms with van der Waals surface area (Å²) in [5.74, 6) is -2.44. The standard InChI is InChI=1S/C10H12O5/c1-13-9(12)7-4-5-10(14-2,15-3)8(11)6-7/h4-6H,1-3H3. The second-order valence-corrected chi connectivity index (χ2v) is 2.86. The maximum absolute atomic E-state index is 11.6. The van der Waals surface area contributed by atoms with Crippen LogP contribution in [0.2, 0.25) is 0 Å². The topological polar surface area (TPSA) is 61.8 Å². The minimum atomic E-state index is -1.42. The molecular formula is C10H12O5. The summed E-state index contributed by atoms with van der Waals surface area (Å²) < 4.78 is 14.4. The Hall–Kier alpha value is -1.46. The van der Waals surface area contributed by atoms with E-state index in [1.807, 2.05) is 0 Å². The number of methoxy groups -OCH3 is 3. The van der Waals surface area contributed by atoms with E-state index in [4.69, 9.17) is 9.47 Å². The number of carbonyl (C=O) groups excluding carboxylic acids is 2. The second-order valence-electron chi connectivity index (χ2n) is 2.86. The molecule has 0 aromatic rings. The number of hydrogen-bond acceptors (Lipinski definition) is 5. The fourth-order valence-corrected chi connectivity index (χ4v) is 1.24. The monoisotopic (exact) mass is 212 g/mol. The van der Waals surface area contributed by atoms with Crippen molar-refractivity contribution in [3.63, 3.8) is 0 Å². The number of carbonyl (C=O) groups is 2. The van der Waals surface area contributed by atoms with Crippen LogP contribution in [0.15, 0.2) is 23.8 Å². The first-order valence-electron chi connectivity index (χ1n) is 4.23. The van der Waals surface area contributed by atoms with Gasteiger partial charge in [-0.25, -0.2) is 4.79 Å². The largest absolute Gasteiger partial charge is 0.465 e. The summed E-state index contributed by atoms with van der Waals surface area (Å²) in [7, 11) is 3.95. The summed E-state index contributed by atoms with van der Waals surface area (Å²) in [5.41, 5.74) is 0.173. The van der Waals surface area contributed by atoms with Crippen molar-refractivity contribution in [1.29, 1.82) is 0 Å². The van der Waals surface area contributed by atoms with Crippen molar-refractivity contribution in [2.75, 3.05) is 21.3 Å². The zero-order valence-electron chi connectivity index (χ0n) is 8.77. The first-order chi connectivity index (χ1) is 7.09. The Labute approximate surface area is 87.3 Å². The summed E-state index contributed by atoms with van der Waals surface area (Å²) in [6, 6.07) is 0. The van der Waals surface area contributed by atoms with Crippen molar-refractivity contribution in [3.8, 4) is 0 Å². The number of rotatable bonds is 3. The quantitative estimate of drug-likeness (QED) is 0.494. The molecule has 0 bridgehead atoms. The van der Waals surface area contributed by atoms with Gasteiger partial charge in [0.25, 0.3) is 5.79 Å².